The molecular weight excluding hydrogens is 363 g/mol. The highest BCUT2D eigenvalue weighted by Crippen LogP contribution is 2.43. The normalized spacial score (nSPS) is 20.8. The topological polar surface area (TPSA) is 54.5 Å². The molecule has 4 nitrogen and oxygen atoms in total. The molecule has 110 valence electrons. The Balaban J connectivity index is 0.00000147. The zero-order chi connectivity index (χ0) is 13.3. The monoisotopic (exact) mass is 386 g/mol. The number of guanidine groups is 1. The first kappa shape index (κ1) is 15.5. The molecule has 0 aromatic carbocycles. The van der Waals surface area contributed by atoms with Gasteiger partial charge < -0.3 is 10.6 Å². The summed E-state index contributed by atoms with van der Waals surface area (Å²) in [5.74, 6) is 0.685. The van der Waals surface area contributed by atoms with Gasteiger partial charge >= 0.3 is 0 Å². The van der Waals surface area contributed by atoms with E-state index in [0.29, 0.717) is 12.0 Å². The summed E-state index contributed by atoms with van der Waals surface area (Å²) in [7, 11) is 2.05. The van der Waals surface area contributed by atoms with Crippen molar-refractivity contribution in [3.8, 4) is 0 Å². The number of hydrogen-bond acceptors (Lipinski definition) is 2. The Morgan fingerprint density at radius 1 is 1.45 bits per heavy atom. The second kappa shape index (κ2) is 6.28. The summed E-state index contributed by atoms with van der Waals surface area (Å²) in [6.45, 7) is 0.771. The van der Waals surface area contributed by atoms with E-state index in [1.165, 1.54) is 37.8 Å². The second-order valence-corrected chi connectivity index (χ2v) is 5.87. The molecule has 0 saturated heterocycles. The minimum absolute atomic E-state index is 0. The van der Waals surface area contributed by atoms with E-state index >= 15 is 0 Å². The van der Waals surface area contributed by atoms with Crippen LogP contribution >= 0.6 is 24.0 Å². The molecule has 20 heavy (non-hydrogen) atoms. The Morgan fingerprint density at radius 2 is 2.20 bits per heavy atom. The van der Waals surface area contributed by atoms with Crippen molar-refractivity contribution in [1.82, 2.24) is 9.88 Å². The molecule has 2 saturated carbocycles. The van der Waals surface area contributed by atoms with Crippen LogP contribution in [0.1, 0.15) is 37.8 Å². The Bertz CT molecular complexity index is 466. The predicted octanol–water partition coefficient (Wildman–Crippen LogP) is 2.53. The average Bonchev–Trinajstić information content (AvgIpc) is 3.22. The number of aromatic nitrogens is 1. The maximum Gasteiger partial charge on any atom is 0.191 e. The van der Waals surface area contributed by atoms with Crippen molar-refractivity contribution in [3.05, 3.63) is 30.1 Å². The second-order valence-electron chi connectivity index (χ2n) is 5.87. The number of nitrogens with two attached hydrogens (primary N) is 1. The number of halogens is 1. The minimum atomic E-state index is 0. The minimum Gasteiger partial charge on any atom is -0.370 e. The molecule has 1 aromatic rings. The quantitative estimate of drug-likeness (QED) is 0.492. The van der Waals surface area contributed by atoms with Crippen LogP contribution in [-0.2, 0) is 5.41 Å². The van der Waals surface area contributed by atoms with Gasteiger partial charge in [0.1, 0.15) is 0 Å². The molecule has 0 aliphatic heterocycles. The summed E-state index contributed by atoms with van der Waals surface area (Å²) in [5, 5.41) is 0. The van der Waals surface area contributed by atoms with Gasteiger partial charge in [-0.1, -0.05) is 12.5 Å². The molecule has 3 rings (SSSR count). The summed E-state index contributed by atoms with van der Waals surface area (Å²) < 4.78 is 0. The smallest absolute Gasteiger partial charge is 0.191 e. The molecule has 1 aromatic heterocycles. The highest BCUT2D eigenvalue weighted by molar-refractivity contribution is 14.0. The Morgan fingerprint density at radius 3 is 2.70 bits per heavy atom. The summed E-state index contributed by atoms with van der Waals surface area (Å²) in [6.07, 6.45) is 7.99. The van der Waals surface area contributed by atoms with Crippen LogP contribution < -0.4 is 5.73 Å². The molecule has 0 bridgehead atoms. The van der Waals surface area contributed by atoms with Crippen molar-refractivity contribution in [3.63, 3.8) is 0 Å². The summed E-state index contributed by atoms with van der Waals surface area (Å²) >= 11 is 0. The molecule has 2 fully saturated rings. The highest BCUT2D eigenvalue weighted by Gasteiger charge is 2.40. The lowest BCUT2D eigenvalue weighted by atomic mass is 9.66. The lowest BCUT2D eigenvalue weighted by molar-refractivity contribution is 0.245. The fourth-order valence-corrected chi connectivity index (χ4v) is 2.77. The molecule has 0 radical (unpaired) electrons. The molecule has 0 unspecified atom stereocenters. The van der Waals surface area contributed by atoms with E-state index in [4.69, 9.17) is 5.73 Å². The van der Waals surface area contributed by atoms with Crippen LogP contribution in [0.5, 0.6) is 0 Å². The zero-order valence-electron chi connectivity index (χ0n) is 12.0. The van der Waals surface area contributed by atoms with Gasteiger partial charge in [0.25, 0.3) is 0 Å². The summed E-state index contributed by atoms with van der Waals surface area (Å²) in [6, 6.07) is 6.77. The van der Waals surface area contributed by atoms with Crippen LogP contribution in [-0.4, -0.2) is 35.5 Å². The van der Waals surface area contributed by atoms with Crippen LogP contribution in [0.15, 0.2) is 29.4 Å². The van der Waals surface area contributed by atoms with Crippen LogP contribution in [0, 0.1) is 0 Å². The Labute approximate surface area is 137 Å². The third kappa shape index (κ3) is 3.07. The van der Waals surface area contributed by atoms with E-state index in [9.17, 15) is 0 Å². The van der Waals surface area contributed by atoms with Gasteiger partial charge in [-0.05, 0) is 37.8 Å². The van der Waals surface area contributed by atoms with E-state index in [1.807, 2.05) is 19.3 Å². The van der Waals surface area contributed by atoms with Crippen LogP contribution in [0.4, 0.5) is 0 Å². The first-order valence-electron chi connectivity index (χ1n) is 7.16. The van der Waals surface area contributed by atoms with Gasteiger partial charge in [0.2, 0.25) is 0 Å². The van der Waals surface area contributed by atoms with Gasteiger partial charge in [0.15, 0.2) is 5.96 Å². The molecule has 1 heterocycles. The van der Waals surface area contributed by atoms with E-state index in [0.717, 1.165) is 6.54 Å². The number of rotatable bonds is 4. The fraction of sp³-hybridized carbons (Fsp3) is 0.600. The number of nitrogens with zero attached hydrogens (tertiary/aromatic N) is 3. The fourth-order valence-electron chi connectivity index (χ4n) is 2.77. The van der Waals surface area contributed by atoms with E-state index in [-0.39, 0.29) is 29.4 Å². The molecule has 2 aliphatic rings. The first-order valence-corrected chi connectivity index (χ1v) is 7.16. The van der Waals surface area contributed by atoms with Gasteiger partial charge in [0, 0.05) is 30.4 Å². The van der Waals surface area contributed by atoms with Gasteiger partial charge in [-0.15, -0.1) is 24.0 Å². The van der Waals surface area contributed by atoms with Crippen LogP contribution in [0.3, 0.4) is 0 Å². The standard InChI is InChI=1S/C15H22N4.HI/c1-19(12-6-7-12)14(16)18-11-15(8-4-9-15)13-5-2-3-10-17-13;/h2-3,5,10,12H,4,6-9,11H2,1H3,(H2,16,18);1H. The van der Waals surface area contributed by atoms with Crippen molar-refractivity contribution in [1.29, 1.82) is 0 Å². The summed E-state index contributed by atoms with van der Waals surface area (Å²) in [5.41, 5.74) is 7.39. The molecule has 0 spiro atoms. The van der Waals surface area contributed by atoms with Crippen molar-refractivity contribution < 1.29 is 0 Å². The number of aliphatic imine (C=N–C) groups is 1. The number of hydrogen-bond donors (Lipinski definition) is 1. The van der Waals surface area contributed by atoms with Gasteiger partial charge in [0.05, 0.1) is 6.54 Å². The maximum atomic E-state index is 6.08. The average molecular weight is 386 g/mol. The molecule has 0 amide bonds. The summed E-state index contributed by atoms with van der Waals surface area (Å²) in [4.78, 5) is 11.3. The van der Waals surface area contributed by atoms with Gasteiger partial charge in [-0.2, -0.15) is 0 Å². The molecule has 2 N–H and O–H groups in total. The number of pyridine rings is 1. The lowest BCUT2D eigenvalue weighted by Crippen LogP contribution is -2.41. The van der Waals surface area contributed by atoms with E-state index in [2.05, 4.69) is 27.0 Å². The maximum absolute atomic E-state index is 6.08. The van der Waals surface area contributed by atoms with Crippen molar-refractivity contribution in [2.45, 2.75) is 43.6 Å². The van der Waals surface area contributed by atoms with Gasteiger partial charge in [-0.3, -0.25) is 9.98 Å². The van der Waals surface area contributed by atoms with Crippen molar-refractivity contribution in [2.75, 3.05) is 13.6 Å². The van der Waals surface area contributed by atoms with E-state index < -0.39 is 0 Å². The zero-order valence-corrected chi connectivity index (χ0v) is 14.3. The van der Waals surface area contributed by atoms with Crippen LogP contribution in [0.25, 0.3) is 0 Å². The largest absolute Gasteiger partial charge is 0.370 e. The Hall–Kier alpha value is -0.850. The van der Waals surface area contributed by atoms with Crippen LogP contribution in [0.2, 0.25) is 0 Å². The molecule has 5 heteroatoms. The Kier molecular flexibility index (Phi) is 4.88. The highest BCUT2D eigenvalue weighted by atomic mass is 127. The third-order valence-corrected chi connectivity index (χ3v) is 4.52. The molecular formula is C15H23IN4. The predicted molar refractivity (Wildman–Crippen MR) is 92.5 cm³/mol. The van der Waals surface area contributed by atoms with Gasteiger partial charge in [-0.25, -0.2) is 0 Å². The van der Waals surface area contributed by atoms with Crippen molar-refractivity contribution in [2.24, 2.45) is 10.7 Å². The first-order chi connectivity index (χ1) is 9.21. The molecule has 2 aliphatic carbocycles. The SMILES string of the molecule is CN(C(N)=NCC1(c2ccccn2)CCC1)C1CC1.I. The van der Waals surface area contributed by atoms with E-state index in [1.54, 1.807) is 0 Å². The van der Waals surface area contributed by atoms with Crippen molar-refractivity contribution >= 4 is 29.9 Å². The third-order valence-electron chi connectivity index (χ3n) is 4.52. The molecule has 0 atom stereocenters. The lowest BCUT2D eigenvalue weighted by Gasteiger charge is -2.40.